The minimum absolute atomic E-state index is 0.337. The molecule has 27 heavy (non-hydrogen) atoms. The maximum atomic E-state index is 11.5. The predicted molar refractivity (Wildman–Crippen MR) is 109 cm³/mol. The zero-order valence-electron chi connectivity index (χ0n) is 16.4. The Morgan fingerprint density at radius 3 is 2.30 bits per heavy atom. The third-order valence-corrected chi connectivity index (χ3v) is 3.79. The van der Waals surface area contributed by atoms with Gasteiger partial charge in [-0.25, -0.2) is 4.79 Å². The molecule has 0 N–H and O–H groups in total. The molecule has 0 spiro atoms. The molecule has 2 aromatic rings. The SMILES string of the molecule is CCCOc1ccc(-c2cccc(/C=C/C(=O)OCC)c2)cc1OCCC. The molecule has 0 saturated carbocycles. The van der Waals surface area contributed by atoms with Crippen molar-refractivity contribution in [1.29, 1.82) is 0 Å². The van der Waals surface area contributed by atoms with E-state index in [1.165, 1.54) is 6.08 Å². The van der Waals surface area contributed by atoms with Gasteiger partial charge in [0.15, 0.2) is 11.5 Å². The lowest BCUT2D eigenvalue weighted by Crippen LogP contribution is -2.01. The number of hydrogen-bond donors (Lipinski definition) is 0. The predicted octanol–water partition coefficient (Wildman–Crippen LogP) is 5.51. The summed E-state index contributed by atoms with van der Waals surface area (Å²) in [6.45, 7) is 7.63. The van der Waals surface area contributed by atoms with E-state index >= 15 is 0 Å². The van der Waals surface area contributed by atoms with Crippen LogP contribution in [0.25, 0.3) is 17.2 Å². The van der Waals surface area contributed by atoms with Crippen LogP contribution in [0.5, 0.6) is 11.5 Å². The van der Waals surface area contributed by atoms with Crippen LogP contribution >= 0.6 is 0 Å². The van der Waals surface area contributed by atoms with Crippen molar-refractivity contribution in [2.45, 2.75) is 33.6 Å². The number of esters is 1. The summed E-state index contributed by atoms with van der Waals surface area (Å²) in [7, 11) is 0. The molecule has 0 aliphatic carbocycles. The van der Waals surface area contributed by atoms with Crippen molar-refractivity contribution in [3.8, 4) is 22.6 Å². The van der Waals surface area contributed by atoms with Gasteiger partial charge in [0.25, 0.3) is 0 Å². The summed E-state index contributed by atoms with van der Waals surface area (Å²) in [5, 5.41) is 0. The Morgan fingerprint density at radius 2 is 1.59 bits per heavy atom. The fourth-order valence-electron chi connectivity index (χ4n) is 2.52. The van der Waals surface area contributed by atoms with Crippen LogP contribution in [-0.4, -0.2) is 25.8 Å². The highest BCUT2D eigenvalue weighted by Gasteiger charge is 2.08. The standard InChI is InChI=1S/C23H28O4/c1-4-14-26-21-12-11-20(17-22(21)27-15-5-2)19-9-7-8-18(16-19)10-13-23(24)25-6-3/h7-13,16-17H,4-6,14-15H2,1-3H3/b13-10+. The highest BCUT2D eigenvalue weighted by molar-refractivity contribution is 5.87. The van der Waals surface area contributed by atoms with Crippen LogP contribution in [0.4, 0.5) is 0 Å². The van der Waals surface area contributed by atoms with Gasteiger partial charge >= 0.3 is 5.97 Å². The highest BCUT2D eigenvalue weighted by Crippen LogP contribution is 2.33. The molecule has 0 radical (unpaired) electrons. The van der Waals surface area contributed by atoms with E-state index in [4.69, 9.17) is 14.2 Å². The molecular weight excluding hydrogens is 340 g/mol. The van der Waals surface area contributed by atoms with Gasteiger partial charge in [-0.15, -0.1) is 0 Å². The molecule has 0 aromatic heterocycles. The molecule has 0 unspecified atom stereocenters. The van der Waals surface area contributed by atoms with Gasteiger partial charge in [0.05, 0.1) is 19.8 Å². The summed E-state index contributed by atoms with van der Waals surface area (Å²) >= 11 is 0. The van der Waals surface area contributed by atoms with Crippen molar-refractivity contribution >= 4 is 12.0 Å². The molecule has 2 rings (SSSR count). The third-order valence-electron chi connectivity index (χ3n) is 3.79. The molecule has 0 fully saturated rings. The number of hydrogen-bond acceptors (Lipinski definition) is 4. The first-order valence-electron chi connectivity index (χ1n) is 9.52. The van der Waals surface area contributed by atoms with Crippen molar-refractivity contribution < 1.29 is 19.0 Å². The Balaban J connectivity index is 2.26. The van der Waals surface area contributed by atoms with E-state index in [2.05, 4.69) is 13.8 Å². The van der Waals surface area contributed by atoms with E-state index in [1.807, 2.05) is 42.5 Å². The van der Waals surface area contributed by atoms with Crippen LogP contribution < -0.4 is 9.47 Å². The number of rotatable bonds is 10. The number of carbonyl (C=O) groups is 1. The van der Waals surface area contributed by atoms with Gasteiger partial charge in [-0.2, -0.15) is 0 Å². The average molecular weight is 368 g/mol. The van der Waals surface area contributed by atoms with Crippen LogP contribution in [0, 0.1) is 0 Å². The molecule has 0 atom stereocenters. The Labute approximate surface area is 161 Å². The van der Waals surface area contributed by atoms with Crippen molar-refractivity contribution in [2.24, 2.45) is 0 Å². The fraction of sp³-hybridized carbons (Fsp3) is 0.348. The second-order valence-corrected chi connectivity index (χ2v) is 6.07. The molecule has 144 valence electrons. The van der Waals surface area contributed by atoms with E-state index < -0.39 is 0 Å². The Hall–Kier alpha value is -2.75. The molecule has 0 aliphatic rings. The Bertz CT molecular complexity index is 765. The van der Waals surface area contributed by atoms with Crippen molar-refractivity contribution in [2.75, 3.05) is 19.8 Å². The van der Waals surface area contributed by atoms with Crippen molar-refractivity contribution in [3.63, 3.8) is 0 Å². The third kappa shape index (κ3) is 6.48. The van der Waals surface area contributed by atoms with Gasteiger partial charge < -0.3 is 14.2 Å². The second-order valence-electron chi connectivity index (χ2n) is 6.07. The summed E-state index contributed by atoms with van der Waals surface area (Å²) in [5.41, 5.74) is 3.02. The minimum Gasteiger partial charge on any atom is -0.490 e. The monoisotopic (exact) mass is 368 g/mol. The molecule has 0 saturated heterocycles. The molecular formula is C23H28O4. The highest BCUT2D eigenvalue weighted by atomic mass is 16.5. The smallest absolute Gasteiger partial charge is 0.330 e. The first-order valence-corrected chi connectivity index (χ1v) is 9.52. The largest absolute Gasteiger partial charge is 0.490 e. The first kappa shape index (κ1) is 20.6. The van der Waals surface area contributed by atoms with Gasteiger partial charge in [-0.1, -0.05) is 38.1 Å². The molecule has 0 heterocycles. The van der Waals surface area contributed by atoms with E-state index in [0.29, 0.717) is 19.8 Å². The number of ether oxygens (including phenoxy) is 3. The number of benzene rings is 2. The summed E-state index contributed by atoms with van der Waals surface area (Å²) in [6, 6.07) is 14.0. The van der Waals surface area contributed by atoms with Gasteiger partial charge in [-0.3, -0.25) is 0 Å². The zero-order chi connectivity index (χ0) is 19.5. The van der Waals surface area contributed by atoms with Gasteiger partial charge in [0, 0.05) is 6.08 Å². The Kier molecular flexibility index (Phi) is 8.43. The summed E-state index contributed by atoms with van der Waals surface area (Å²) in [5.74, 6) is 1.19. The van der Waals surface area contributed by atoms with Crippen molar-refractivity contribution in [1.82, 2.24) is 0 Å². The van der Waals surface area contributed by atoms with Crippen LogP contribution in [-0.2, 0) is 9.53 Å². The average Bonchev–Trinajstić information content (AvgIpc) is 2.70. The second kappa shape index (κ2) is 11.1. The summed E-state index contributed by atoms with van der Waals surface area (Å²) in [4.78, 5) is 11.5. The molecule has 0 amide bonds. The lowest BCUT2D eigenvalue weighted by Gasteiger charge is -2.14. The van der Waals surface area contributed by atoms with Gasteiger partial charge in [0.2, 0.25) is 0 Å². The molecule has 0 bridgehead atoms. The maximum Gasteiger partial charge on any atom is 0.330 e. The summed E-state index contributed by atoms with van der Waals surface area (Å²) < 4.78 is 16.6. The molecule has 4 heteroatoms. The Morgan fingerprint density at radius 1 is 0.889 bits per heavy atom. The van der Waals surface area contributed by atoms with Gasteiger partial charge in [-0.05, 0) is 60.7 Å². The molecule has 4 nitrogen and oxygen atoms in total. The zero-order valence-corrected chi connectivity index (χ0v) is 16.4. The minimum atomic E-state index is -0.337. The van der Waals surface area contributed by atoms with Crippen LogP contribution in [0.15, 0.2) is 48.5 Å². The molecule has 2 aromatic carbocycles. The van der Waals surface area contributed by atoms with E-state index in [1.54, 1.807) is 13.0 Å². The normalized spacial score (nSPS) is 10.8. The maximum absolute atomic E-state index is 11.5. The first-order chi connectivity index (χ1) is 13.2. The quantitative estimate of drug-likeness (QED) is 0.410. The lowest BCUT2D eigenvalue weighted by molar-refractivity contribution is -0.137. The van der Waals surface area contributed by atoms with E-state index in [9.17, 15) is 4.79 Å². The lowest BCUT2D eigenvalue weighted by atomic mass is 10.0. The van der Waals surface area contributed by atoms with Crippen LogP contribution in [0.2, 0.25) is 0 Å². The van der Waals surface area contributed by atoms with Gasteiger partial charge in [0.1, 0.15) is 0 Å². The fourth-order valence-corrected chi connectivity index (χ4v) is 2.52. The van der Waals surface area contributed by atoms with Crippen LogP contribution in [0.3, 0.4) is 0 Å². The molecule has 0 aliphatic heterocycles. The topological polar surface area (TPSA) is 44.8 Å². The number of carbonyl (C=O) groups excluding carboxylic acids is 1. The van der Waals surface area contributed by atoms with E-state index in [-0.39, 0.29) is 5.97 Å². The summed E-state index contributed by atoms with van der Waals surface area (Å²) in [6.07, 6.45) is 5.09. The van der Waals surface area contributed by atoms with E-state index in [0.717, 1.165) is 41.0 Å². The van der Waals surface area contributed by atoms with Crippen LogP contribution in [0.1, 0.15) is 39.2 Å². The van der Waals surface area contributed by atoms with Crippen molar-refractivity contribution in [3.05, 3.63) is 54.1 Å².